The SMILES string of the molecule is Nc1ccc2cc(S(=O)(=O)F)ccc2c1. The van der Waals surface area contributed by atoms with Crippen molar-refractivity contribution in [3.63, 3.8) is 0 Å². The molecule has 2 aromatic carbocycles. The molecule has 5 heteroatoms. The Labute approximate surface area is 86.5 Å². The maximum atomic E-state index is 12.7. The van der Waals surface area contributed by atoms with Gasteiger partial charge < -0.3 is 5.73 Å². The van der Waals surface area contributed by atoms with Gasteiger partial charge in [0.15, 0.2) is 0 Å². The van der Waals surface area contributed by atoms with E-state index in [2.05, 4.69) is 0 Å². The number of hydrogen-bond acceptors (Lipinski definition) is 3. The molecule has 0 bridgehead atoms. The van der Waals surface area contributed by atoms with Crippen molar-refractivity contribution in [2.75, 3.05) is 5.73 Å². The fraction of sp³-hybridized carbons (Fsp3) is 0. The first-order valence-electron chi connectivity index (χ1n) is 4.21. The molecule has 0 unspecified atom stereocenters. The van der Waals surface area contributed by atoms with Gasteiger partial charge >= 0.3 is 10.2 Å². The fourth-order valence-corrected chi connectivity index (χ4v) is 1.89. The van der Waals surface area contributed by atoms with E-state index in [9.17, 15) is 12.3 Å². The zero-order valence-electron chi connectivity index (χ0n) is 7.64. The molecule has 0 heterocycles. The summed E-state index contributed by atoms with van der Waals surface area (Å²) in [5.74, 6) is 0. The number of rotatable bonds is 1. The number of nitrogen functional groups attached to an aromatic ring is 1. The van der Waals surface area contributed by atoms with Crippen LogP contribution in [0.15, 0.2) is 41.3 Å². The van der Waals surface area contributed by atoms with Crippen LogP contribution in [0, 0.1) is 0 Å². The van der Waals surface area contributed by atoms with Crippen molar-refractivity contribution in [3.8, 4) is 0 Å². The van der Waals surface area contributed by atoms with Gasteiger partial charge in [-0.2, -0.15) is 8.42 Å². The minimum atomic E-state index is -4.64. The highest BCUT2D eigenvalue weighted by molar-refractivity contribution is 7.86. The summed E-state index contributed by atoms with van der Waals surface area (Å²) in [6.07, 6.45) is 0. The summed E-state index contributed by atoms with van der Waals surface area (Å²) < 4.78 is 34.0. The molecule has 0 radical (unpaired) electrons. The smallest absolute Gasteiger partial charge is 0.332 e. The monoisotopic (exact) mass is 225 g/mol. The van der Waals surface area contributed by atoms with Crippen molar-refractivity contribution in [1.82, 2.24) is 0 Å². The summed E-state index contributed by atoms with van der Waals surface area (Å²) in [5, 5.41) is 1.42. The van der Waals surface area contributed by atoms with Crippen LogP contribution in [0.1, 0.15) is 0 Å². The molecule has 0 saturated heterocycles. The van der Waals surface area contributed by atoms with Crippen LogP contribution in [-0.4, -0.2) is 8.42 Å². The first kappa shape index (κ1) is 9.92. The summed E-state index contributed by atoms with van der Waals surface area (Å²) in [7, 11) is -4.64. The molecule has 0 saturated carbocycles. The van der Waals surface area contributed by atoms with Gasteiger partial charge in [0.1, 0.15) is 0 Å². The van der Waals surface area contributed by atoms with E-state index in [0.717, 1.165) is 5.39 Å². The Morgan fingerprint density at radius 2 is 1.60 bits per heavy atom. The Morgan fingerprint density at radius 1 is 1.00 bits per heavy atom. The van der Waals surface area contributed by atoms with Crippen LogP contribution >= 0.6 is 0 Å². The third-order valence-electron chi connectivity index (χ3n) is 2.12. The van der Waals surface area contributed by atoms with E-state index in [1.54, 1.807) is 18.2 Å². The van der Waals surface area contributed by atoms with E-state index in [1.165, 1.54) is 18.2 Å². The predicted molar refractivity (Wildman–Crippen MR) is 56.7 cm³/mol. The summed E-state index contributed by atoms with van der Waals surface area (Å²) in [6.45, 7) is 0. The summed E-state index contributed by atoms with van der Waals surface area (Å²) in [6, 6.07) is 9.01. The van der Waals surface area contributed by atoms with E-state index in [-0.39, 0.29) is 4.90 Å². The van der Waals surface area contributed by atoms with E-state index >= 15 is 0 Å². The predicted octanol–water partition coefficient (Wildman–Crippen LogP) is 2.08. The highest BCUT2D eigenvalue weighted by Gasteiger charge is 2.11. The number of benzene rings is 2. The van der Waals surface area contributed by atoms with Crippen LogP contribution in [0.2, 0.25) is 0 Å². The van der Waals surface area contributed by atoms with E-state index in [0.29, 0.717) is 11.1 Å². The average Bonchev–Trinajstić information content (AvgIpc) is 2.15. The third kappa shape index (κ3) is 1.92. The molecular weight excluding hydrogens is 217 g/mol. The van der Waals surface area contributed by atoms with Gasteiger partial charge in [-0.05, 0) is 35.0 Å². The Morgan fingerprint density at radius 3 is 2.27 bits per heavy atom. The zero-order valence-corrected chi connectivity index (χ0v) is 8.46. The number of hydrogen-bond donors (Lipinski definition) is 1. The summed E-state index contributed by atoms with van der Waals surface area (Å²) in [5.41, 5.74) is 6.14. The van der Waals surface area contributed by atoms with Crippen LogP contribution in [0.5, 0.6) is 0 Å². The van der Waals surface area contributed by atoms with Crippen LogP contribution in [0.4, 0.5) is 9.57 Å². The molecule has 0 aliphatic carbocycles. The van der Waals surface area contributed by atoms with Crippen LogP contribution in [0.25, 0.3) is 10.8 Å². The van der Waals surface area contributed by atoms with Gasteiger partial charge in [-0.1, -0.05) is 12.1 Å². The van der Waals surface area contributed by atoms with E-state index in [4.69, 9.17) is 5.73 Å². The second-order valence-electron chi connectivity index (χ2n) is 3.21. The highest BCUT2D eigenvalue weighted by atomic mass is 32.3. The van der Waals surface area contributed by atoms with Gasteiger partial charge in [0.25, 0.3) is 0 Å². The first-order valence-corrected chi connectivity index (χ1v) is 5.59. The maximum Gasteiger partial charge on any atom is 0.332 e. The van der Waals surface area contributed by atoms with Crippen molar-refractivity contribution in [2.24, 2.45) is 0 Å². The van der Waals surface area contributed by atoms with E-state index in [1.807, 2.05) is 0 Å². The molecule has 0 aromatic heterocycles. The molecule has 2 rings (SSSR count). The Balaban J connectivity index is 2.73. The number of fused-ring (bicyclic) bond motifs is 1. The second kappa shape index (κ2) is 3.20. The van der Waals surface area contributed by atoms with Crippen molar-refractivity contribution < 1.29 is 12.3 Å². The number of nitrogens with two attached hydrogens (primary N) is 1. The lowest BCUT2D eigenvalue weighted by Gasteiger charge is -2.00. The van der Waals surface area contributed by atoms with Crippen molar-refractivity contribution in [3.05, 3.63) is 36.4 Å². The highest BCUT2D eigenvalue weighted by Crippen LogP contribution is 2.22. The molecule has 0 spiro atoms. The minimum Gasteiger partial charge on any atom is -0.399 e. The lowest BCUT2D eigenvalue weighted by atomic mass is 10.1. The normalized spacial score (nSPS) is 11.8. The number of halogens is 1. The van der Waals surface area contributed by atoms with Crippen LogP contribution in [0.3, 0.4) is 0 Å². The Bertz CT molecular complexity index is 622. The quantitative estimate of drug-likeness (QED) is 0.597. The molecule has 2 aromatic rings. The first-order chi connectivity index (χ1) is 6.97. The standard InChI is InChI=1S/C10H8FNO2S/c11-15(13,14)10-4-2-7-5-9(12)3-1-8(7)6-10/h1-6H,12H2. The summed E-state index contributed by atoms with van der Waals surface area (Å²) in [4.78, 5) is -0.334. The van der Waals surface area contributed by atoms with E-state index < -0.39 is 10.2 Å². The third-order valence-corrected chi connectivity index (χ3v) is 2.93. The lowest BCUT2D eigenvalue weighted by molar-refractivity contribution is 0.552. The lowest BCUT2D eigenvalue weighted by Crippen LogP contribution is -1.91. The van der Waals surface area contributed by atoms with Gasteiger partial charge in [0.2, 0.25) is 0 Å². The molecule has 3 nitrogen and oxygen atoms in total. The molecule has 78 valence electrons. The fourth-order valence-electron chi connectivity index (χ4n) is 1.39. The second-order valence-corrected chi connectivity index (χ2v) is 4.55. The molecule has 0 aliphatic rings. The molecule has 15 heavy (non-hydrogen) atoms. The molecule has 0 amide bonds. The maximum absolute atomic E-state index is 12.7. The molecule has 2 N–H and O–H groups in total. The van der Waals surface area contributed by atoms with Gasteiger partial charge in [0.05, 0.1) is 4.90 Å². The number of anilines is 1. The zero-order chi connectivity index (χ0) is 11.1. The van der Waals surface area contributed by atoms with Crippen LogP contribution in [-0.2, 0) is 10.2 Å². The molecule has 0 fully saturated rings. The Kier molecular flexibility index (Phi) is 2.12. The Hall–Kier alpha value is -1.62. The van der Waals surface area contributed by atoms with Gasteiger partial charge in [-0.3, -0.25) is 0 Å². The summed E-state index contributed by atoms with van der Waals surface area (Å²) >= 11 is 0. The topological polar surface area (TPSA) is 60.2 Å². The van der Waals surface area contributed by atoms with Crippen molar-refractivity contribution in [2.45, 2.75) is 4.90 Å². The average molecular weight is 225 g/mol. The van der Waals surface area contributed by atoms with Gasteiger partial charge in [0, 0.05) is 5.69 Å². The van der Waals surface area contributed by atoms with Gasteiger partial charge in [-0.15, -0.1) is 3.89 Å². The minimum absolute atomic E-state index is 0.334. The molecular formula is C10H8FNO2S. The molecule has 0 aliphatic heterocycles. The van der Waals surface area contributed by atoms with Crippen molar-refractivity contribution in [1.29, 1.82) is 0 Å². The largest absolute Gasteiger partial charge is 0.399 e. The van der Waals surface area contributed by atoms with Gasteiger partial charge in [-0.25, -0.2) is 0 Å². The van der Waals surface area contributed by atoms with Crippen LogP contribution < -0.4 is 5.73 Å². The van der Waals surface area contributed by atoms with Crippen molar-refractivity contribution >= 4 is 26.7 Å². The molecule has 0 atom stereocenters.